The molecule has 6 fully saturated rings. The molecular weight excluding hydrogens is 813 g/mol. The summed E-state index contributed by atoms with van der Waals surface area (Å²) in [5.74, 6) is 9.84. The van der Waals surface area contributed by atoms with Gasteiger partial charge in [0.05, 0.1) is 0 Å². The van der Waals surface area contributed by atoms with Crippen molar-refractivity contribution in [2.75, 3.05) is 0 Å². The minimum absolute atomic E-state index is 0.278. The molecular formula is C64H90N2O. The summed E-state index contributed by atoms with van der Waals surface area (Å²) in [6, 6.07) is 12.6. The highest BCUT2D eigenvalue weighted by Gasteiger charge is 2.66. The van der Waals surface area contributed by atoms with Crippen molar-refractivity contribution in [2.45, 2.75) is 223 Å². The van der Waals surface area contributed by atoms with Gasteiger partial charge in [0.2, 0.25) is 0 Å². The van der Waals surface area contributed by atoms with Crippen LogP contribution in [0.2, 0.25) is 0 Å². The summed E-state index contributed by atoms with van der Waals surface area (Å²) in [5.41, 5.74) is 5.22. The number of fused-ring (bicyclic) bond motifs is 6. The van der Waals surface area contributed by atoms with Gasteiger partial charge in [0, 0.05) is 47.7 Å². The predicted molar refractivity (Wildman–Crippen MR) is 279 cm³/mol. The maximum absolute atomic E-state index is 6.76. The first-order valence-electron chi connectivity index (χ1n) is 29.4. The van der Waals surface area contributed by atoms with Gasteiger partial charge in [-0.2, -0.15) is 0 Å². The summed E-state index contributed by atoms with van der Waals surface area (Å²) >= 11 is 0. The van der Waals surface area contributed by atoms with Gasteiger partial charge in [0.15, 0.2) is 0 Å². The van der Waals surface area contributed by atoms with Crippen LogP contribution in [-0.2, 0) is 0 Å². The molecule has 17 atom stereocenters. The summed E-state index contributed by atoms with van der Waals surface area (Å²) < 4.78 is 6.76. The Morgan fingerprint density at radius 2 is 1.39 bits per heavy atom. The van der Waals surface area contributed by atoms with Crippen LogP contribution >= 0.6 is 0 Å². The molecule has 0 aromatic heterocycles. The highest BCUT2D eigenvalue weighted by atomic mass is 16.5. The van der Waals surface area contributed by atoms with E-state index in [1.165, 1.54) is 173 Å². The second-order valence-electron chi connectivity index (χ2n) is 25.0. The molecule has 1 aromatic carbocycles. The first-order valence-corrected chi connectivity index (χ1v) is 29.4. The molecule has 67 heavy (non-hydrogen) atoms. The van der Waals surface area contributed by atoms with Crippen LogP contribution in [0.25, 0.3) is 6.08 Å². The van der Waals surface area contributed by atoms with Gasteiger partial charge in [-0.3, -0.25) is 4.90 Å². The third kappa shape index (κ3) is 8.37. The van der Waals surface area contributed by atoms with Gasteiger partial charge in [-0.25, -0.2) is 0 Å². The molecule has 3 heteroatoms. The van der Waals surface area contributed by atoms with Crippen LogP contribution in [0.4, 0.5) is 0 Å². The maximum atomic E-state index is 6.76. The lowest BCUT2D eigenvalue weighted by Gasteiger charge is -2.56. The monoisotopic (exact) mass is 903 g/mol. The number of hydrogen-bond donors (Lipinski definition) is 0. The minimum atomic E-state index is 0.278. The van der Waals surface area contributed by atoms with Gasteiger partial charge in [0.1, 0.15) is 11.9 Å². The van der Waals surface area contributed by atoms with Crippen LogP contribution in [0.5, 0.6) is 5.75 Å². The quantitative estimate of drug-likeness (QED) is 0.218. The Hall–Kier alpha value is -2.78. The molecule has 17 unspecified atom stereocenters. The van der Waals surface area contributed by atoms with E-state index in [1.54, 1.807) is 12.1 Å². The Morgan fingerprint density at radius 1 is 0.597 bits per heavy atom. The highest BCUT2D eigenvalue weighted by Crippen LogP contribution is 2.72. The topological polar surface area (TPSA) is 15.7 Å². The zero-order valence-electron chi connectivity index (χ0n) is 42.1. The first kappa shape index (κ1) is 45.4. The molecule has 11 aliphatic rings. The molecule has 0 spiro atoms. The van der Waals surface area contributed by atoms with Crippen molar-refractivity contribution in [3.05, 3.63) is 96.3 Å². The Morgan fingerprint density at radius 3 is 2.15 bits per heavy atom. The number of rotatable bonds is 10. The van der Waals surface area contributed by atoms with E-state index < -0.39 is 0 Å². The van der Waals surface area contributed by atoms with Crippen LogP contribution in [-0.4, -0.2) is 46.1 Å². The van der Waals surface area contributed by atoms with Gasteiger partial charge in [0.25, 0.3) is 0 Å². The summed E-state index contributed by atoms with van der Waals surface area (Å²) in [6.07, 6.45) is 62.3. The van der Waals surface area contributed by atoms with E-state index in [1.807, 2.05) is 11.6 Å². The van der Waals surface area contributed by atoms with Crippen molar-refractivity contribution in [2.24, 2.45) is 64.6 Å². The number of nitrogens with zero attached hydrogens (tertiary/aromatic N) is 2. The third-order valence-electron chi connectivity index (χ3n) is 22.3. The molecule has 1 heterocycles. The molecule has 12 rings (SSSR count). The van der Waals surface area contributed by atoms with E-state index in [0.29, 0.717) is 23.4 Å². The van der Waals surface area contributed by atoms with Gasteiger partial charge in [-0.15, -0.1) is 0 Å². The molecule has 362 valence electrons. The van der Waals surface area contributed by atoms with Crippen molar-refractivity contribution < 1.29 is 4.74 Å². The second kappa shape index (κ2) is 19.8. The van der Waals surface area contributed by atoms with Gasteiger partial charge < -0.3 is 9.64 Å². The van der Waals surface area contributed by atoms with Crippen LogP contribution in [0.1, 0.15) is 192 Å². The highest BCUT2D eigenvalue weighted by molar-refractivity contribution is 5.48. The average molecular weight is 903 g/mol. The lowest BCUT2D eigenvalue weighted by atomic mass is 9.50. The van der Waals surface area contributed by atoms with E-state index in [4.69, 9.17) is 4.74 Å². The number of hydrogen-bond acceptors (Lipinski definition) is 3. The van der Waals surface area contributed by atoms with E-state index in [-0.39, 0.29) is 6.10 Å². The Kier molecular flexibility index (Phi) is 13.4. The summed E-state index contributed by atoms with van der Waals surface area (Å²) in [6.45, 7) is 6.61. The largest absolute Gasteiger partial charge is 0.490 e. The molecule has 10 aliphatic carbocycles. The van der Waals surface area contributed by atoms with E-state index in [0.717, 1.165) is 83.6 Å². The molecule has 5 saturated carbocycles. The van der Waals surface area contributed by atoms with Gasteiger partial charge in [-0.05, 0) is 225 Å². The Bertz CT molecular complexity index is 2040. The molecule has 1 aliphatic heterocycles. The molecule has 0 amide bonds. The Labute approximate surface area is 408 Å². The fourth-order valence-electron chi connectivity index (χ4n) is 19.8. The van der Waals surface area contributed by atoms with Crippen LogP contribution < -0.4 is 4.74 Å². The summed E-state index contributed by atoms with van der Waals surface area (Å²) in [4.78, 5) is 6.40. The van der Waals surface area contributed by atoms with Crippen molar-refractivity contribution in [3.63, 3.8) is 0 Å². The maximum Gasteiger partial charge on any atom is 0.119 e. The van der Waals surface area contributed by atoms with Crippen molar-refractivity contribution in [1.82, 2.24) is 9.80 Å². The van der Waals surface area contributed by atoms with Gasteiger partial charge >= 0.3 is 0 Å². The SMILES string of the molecule is C=Cc1ccc(OC2CC=C(C3(C4CCC=CC4C)C4CCCCC4C4CCC(N(C5=CCC(C6CCC7C(C6)C6CCCCC6N7C6CC=CCC6)CC5)C5CC=CCC5)CC43)CC2)cc1. The van der Waals surface area contributed by atoms with E-state index in [9.17, 15) is 0 Å². The lowest BCUT2D eigenvalue weighted by Crippen LogP contribution is -2.52. The Balaban J connectivity index is 0.812. The van der Waals surface area contributed by atoms with Gasteiger partial charge in [-0.1, -0.05) is 112 Å². The number of ether oxygens (including phenoxy) is 1. The predicted octanol–water partition coefficient (Wildman–Crippen LogP) is 16.2. The molecule has 0 bridgehead atoms. The van der Waals surface area contributed by atoms with Crippen molar-refractivity contribution >= 4 is 6.08 Å². The number of allylic oxidation sites excluding steroid dienone is 7. The van der Waals surface area contributed by atoms with Crippen LogP contribution in [0, 0.1) is 64.6 Å². The lowest BCUT2D eigenvalue weighted by molar-refractivity contribution is -0.00502. The fraction of sp³-hybridized carbons (Fsp3) is 0.719. The summed E-state index contributed by atoms with van der Waals surface area (Å²) in [7, 11) is 0. The third-order valence-corrected chi connectivity index (χ3v) is 22.3. The average Bonchev–Trinajstić information content (AvgIpc) is 3.88. The molecule has 0 N–H and O–H groups in total. The van der Waals surface area contributed by atoms with E-state index >= 15 is 0 Å². The minimum Gasteiger partial charge on any atom is -0.490 e. The normalized spacial score (nSPS) is 44.1. The number of likely N-dealkylation sites (tertiary alicyclic amines) is 1. The zero-order chi connectivity index (χ0) is 44.9. The standard InChI is InChI=1S/C64H90N2O/c1-3-45-26-36-53(37-27-45)67-54-38-31-48(32-39-54)64(59-23-13-10-16-44(59)2)60-24-14-11-21-55(60)56-40-35-52(43-61(56)64)65(49-17-6-4-7-18-49)51-33-28-46(29-34-51)47-30-41-63-58(42-47)57-22-12-15-25-62(57)66(63)50-19-8-5-9-20-50/h3-6,8,10,16,26-27,31,33,36-37,44,46-47,49-50,52,54-63H,1,7,9,11-15,17-25,28-30,32,34-35,38-43H2,2H3. The van der Waals surface area contributed by atoms with Crippen LogP contribution in [0.3, 0.4) is 0 Å². The smallest absolute Gasteiger partial charge is 0.119 e. The van der Waals surface area contributed by atoms with E-state index in [2.05, 4.69) is 96.2 Å². The molecule has 1 saturated heterocycles. The zero-order valence-corrected chi connectivity index (χ0v) is 42.1. The molecule has 3 nitrogen and oxygen atoms in total. The fourth-order valence-corrected chi connectivity index (χ4v) is 19.8. The summed E-state index contributed by atoms with van der Waals surface area (Å²) in [5, 5.41) is 0. The second-order valence-corrected chi connectivity index (χ2v) is 25.0. The molecule has 1 aromatic rings. The first-order chi connectivity index (χ1) is 33.1. The van der Waals surface area contributed by atoms with Crippen molar-refractivity contribution in [1.29, 1.82) is 0 Å². The van der Waals surface area contributed by atoms with Crippen molar-refractivity contribution in [3.8, 4) is 5.75 Å². The molecule has 0 radical (unpaired) electrons. The van der Waals surface area contributed by atoms with Crippen LogP contribution in [0.15, 0.2) is 90.7 Å². The number of benzene rings is 1.